The van der Waals surface area contributed by atoms with E-state index in [-0.39, 0.29) is 0 Å². The lowest BCUT2D eigenvalue weighted by molar-refractivity contribution is 0.505. The van der Waals surface area contributed by atoms with E-state index in [2.05, 4.69) is 28.4 Å². The molecule has 1 fully saturated rings. The Balaban J connectivity index is 1.91. The molecule has 1 saturated heterocycles. The van der Waals surface area contributed by atoms with Crippen LogP contribution in [0.25, 0.3) is 0 Å². The molecule has 0 aromatic heterocycles. The van der Waals surface area contributed by atoms with Gasteiger partial charge in [-0.05, 0) is 31.4 Å². The topological polar surface area (TPSA) is 41.3 Å². The van der Waals surface area contributed by atoms with E-state index in [1.54, 1.807) is 0 Å². The van der Waals surface area contributed by atoms with Gasteiger partial charge in [0.05, 0.1) is 0 Å². The Hall–Kier alpha value is -1.22. The number of nitrogens with two attached hydrogens (primary N) is 1. The van der Waals surface area contributed by atoms with E-state index in [0.717, 1.165) is 26.1 Å². The third-order valence-electron chi connectivity index (χ3n) is 3.64. The minimum absolute atomic E-state index is 0.346. The molecule has 3 N–H and O–H groups in total. The molecule has 2 heterocycles. The van der Waals surface area contributed by atoms with Gasteiger partial charge in [0, 0.05) is 42.6 Å². The maximum atomic E-state index is 6.05. The molecule has 2 aliphatic heterocycles. The summed E-state index contributed by atoms with van der Waals surface area (Å²) in [5, 5.41) is 3.43. The SMILES string of the molecule is NC1CCCN(c2cccc3c2CCN3)C1. The second-order valence-electron chi connectivity index (χ2n) is 4.83. The van der Waals surface area contributed by atoms with Crippen LogP contribution in [-0.4, -0.2) is 25.7 Å². The van der Waals surface area contributed by atoms with Gasteiger partial charge in [-0.25, -0.2) is 0 Å². The van der Waals surface area contributed by atoms with Crippen LogP contribution in [0.3, 0.4) is 0 Å². The summed E-state index contributed by atoms with van der Waals surface area (Å²) in [4.78, 5) is 2.46. The fraction of sp³-hybridized carbons (Fsp3) is 0.538. The van der Waals surface area contributed by atoms with Crippen molar-refractivity contribution in [2.75, 3.05) is 29.9 Å². The van der Waals surface area contributed by atoms with E-state index < -0.39 is 0 Å². The molecule has 1 aromatic rings. The molecule has 3 rings (SSSR count). The van der Waals surface area contributed by atoms with Crippen molar-refractivity contribution in [2.45, 2.75) is 25.3 Å². The second-order valence-corrected chi connectivity index (χ2v) is 4.83. The average molecular weight is 217 g/mol. The lowest BCUT2D eigenvalue weighted by atomic mass is 10.0. The quantitative estimate of drug-likeness (QED) is 0.750. The molecule has 0 radical (unpaired) electrons. The summed E-state index contributed by atoms with van der Waals surface area (Å²) in [6.45, 7) is 3.24. The van der Waals surface area contributed by atoms with Crippen LogP contribution in [-0.2, 0) is 6.42 Å². The summed E-state index contributed by atoms with van der Waals surface area (Å²) in [7, 11) is 0. The minimum Gasteiger partial charge on any atom is -0.384 e. The molecular weight excluding hydrogens is 198 g/mol. The van der Waals surface area contributed by atoms with Gasteiger partial charge >= 0.3 is 0 Å². The second kappa shape index (κ2) is 3.98. The first kappa shape index (κ1) is 9.97. The molecule has 86 valence electrons. The first-order valence-corrected chi connectivity index (χ1v) is 6.21. The fourth-order valence-electron chi connectivity index (χ4n) is 2.85. The molecule has 2 aliphatic rings. The Morgan fingerprint density at radius 3 is 3.19 bits per heavy atom. The van der Waals surface area contributed by atoms with Crippen molar-refractivity contribution in [3.05, 3.63) is 23.8 Å². The number of benzene rings is 1. The summed E-state index contributed by atoms with van der Waals surface area (Å²) >= 11 is 0. The van der Waals surface area contributed by atoms with Gasteiger partial charge in [-0.15, -0.1) is 0 Å². The minimum atomic E-state index is 0.346. The number of anilines is 2. The van der Waals surface area contributed by atoms with Gasteiger partial charge in [0.2, 0.25) is 0 Å². The monoisotopic (exact) mass is 217 g/mol. The van der Waals surface area contributed by atoms with Crippen molar-refractivity contribution < 1.29 is 0 Å². The van der Waals surface area contributed by atoms with Crippen LogP contribution in [0.5, 0.6) is 0 Å². The third kappa shape index (κ3) is 1.65. The van der Waals surface area contributed by atoms with Gasteiger partial charge in [-0.3, -0.25) is 0 Å². The Morgan fingerprint density at radius 1 is 1.38 bits per heavy atom. The van der Waals surface area contributed by atoms with Crippen molar-refractivity contribution in [3.63, 3.8) is 0 Å². The number of nitrogens with zero attached hydrogens (tertiary/aromatic N) is 1. The number of nitrogens with one attached hydrogen (secondary N) is 1. The van der Waals surface area contributed by atoms with E-state index in [1.807, 2.05) is 0 Å². The van der Waals surface area contributed by atoms with Crippen LogP contribution in [0.15, 0.2) is 18.2 Å². The van der Waals surface area contributed by atoms with Gasteiger partial charge in [0.15, 0.2) is 0 Å². The molecule has 0 saturated carbocycles. The lowest BCUT2D eigenvalue weighted by Crippen LogP contribution is -2.43. The zero-order valence-electron chi connectivity index (χ0n) is 9.58. The molecule has 1 aromatic carbocycles. The average Bonchev–Trinajstić information content (AvgIpc) is 2.76. The molecule has 3 heteroatoms. The van der Waals surface area contributed by atoms with Crippen LogP contribution >= 0.6 is 0 Å². The van der Waals surface area contributed by atoms with Gasteiger partial charge < -0.3 is 16.0 Å². The van der Waals surface area contributed by atoms with Crippen LogP contribution in [0.1, 0.15) is 18.4 Å². The number of hydrogen-bond acceptors (Lipinski definition) is 3. The molecule has 0 amide bonds. The number of fused-ring (bicyclic) bond motifs is 1. The van der Waals surface area contributed by atoms with E-state index in [9.17, 15) is 0 Å². The first-order chi connectivity index (χ1) is 7.84. The van der Waals surface area contributed by atoms with Crippen LogP contribution in [0.2, 0.25) is 0 Å². The predicted octanol–water partition coefficient (Wildman–Crippen LogP) is 1.58. The van der Waals surface area contributed by atoms with Crippen LogP contribution in [0, 0.1) is 0 Å². The Morgan fingerprint density at radius 2 is 2.31 bits per heavy atom. The molecular formula is C13H19N3. The molecule has 0 spiro atoms. The molecule has 16 heavy (non-hydrogen) atoms. The van der Waals surface area contributed by atoms with Crippen molar-refractivity contribution in [1.82, 2.24) is 0 Å². The van der Waals surface area contributed by atoms with E-state index in [1.165, 1.54) is 29.8 Å². The van der Waals surface area contributed by atoms with E-state index >= 15 is 0 Å². The number of hydrogen-bond donors (Lipinski definition) is 2. The van der Waals surface area contributed by atoms with Crippen molar-refractivity contribution in [2.24, 2.45) is 5.73 Å². The molecule has 1 atom stereocenters. The Bertz CT molecular complexity index is 389. The number of piperidine rings is 1. The summed E-state index contributed by atoms with van der Waals surface area (Å²) in [6.07, 6.45) is 3.54. The van der Waals surface area contributed by atoms with Crippen molar-refractivity contribution in [3.8, 4) is 0 Å². The maximum Gasteiger partial charge on any atom is 0.0420 e. The summed E-state index contributed by atoms with van der Waals surface area (Å²) in [5.41, 5.74) is 10.3. The predicted molar refractivity (Wildman–Crippen MR) is 68.1 cm³/mol. The highest BCUT2D eigenvalue weighted by atomic mass is 15.2. The zero-order chi connectivity index (χ0) is 11.0. The van der Waals surface area contributed by atoms with E-state index in [4.69, 9.17) is 5.73 Å². The highest BCUT2D eigenvalue weighted by molar-refractivity contribution is 5.69. The lowest BCUT2D eigenvalue weighted by Gasteiger charge is -2.33. The van der Waals surface area contributed by atoms with Gasteiger partial charge in [-0.2, -0.15) is 0 Å². The number of rotatable bonds is 1. The summed E-state index contributed by atoms with van der Waals surface area (Å²) in [6, 6.07) is 6.91. The van der Waals surface area contributed by atoms with Gasteiger partial charge in [0.1, 0.15) is 0 Å². The van der Waals surface area contributed by atoms with Crippen molar-refractivity contribution in [1.29, 1.82) is 0 Å². The third-order valence-corrected chi connectivity index (χ3v) is 3.64. The van der Waals surface area contributed by atoms with Crippen LogP contribution in [0.4, 0.5) is 11.4 Å². The van der Waals surface area contributed by atoms with E-state index in [0.29, 0.717) is 6.04 Å². The fourth-order valence-corrected chi connectivity index (χ4v) is 2.85. The highest BCUT2D eigenvalue weighted by Crippen LogP contribution is 2.32. The normalized spacial score (nSPS) is 24.1. The summed E-state index contributed by atoms with van der Waals surface area (Å²) in [5.74, 6) is 0. The molecule has 1 unspecified atom stereocenters. The molecule has 0 bridgehead atoms. The van der Waals surface area contributed by atoms with Gasteiger partial charge in [0.25, 0.3) is 0 Å². The Labute approximate surface area is 96.6 Å². The largest absolute Gasteiger partial charge is 0.384 e. The smallest absolute Gasteiger partial charge is 0.0420 e. The first-order valence-electron chi connectivity index (χ1n) is 6.21. The summed E-state index contributed by atoms with van der Waals surface area (Å²) < 4.78 is 0. The van der Waals surface area contributed by atoms with Gasteiger partial charge in [-0.1, -0.05) is 6.07 Å². The molecule has 0 aliphatic carbocycles. The maximum absolute atomic E-state index is 6.05. The zero-order valence-corrected chi connectivity index (χ0v) is 9.58. The van der Waals surface area contributed by atoms with Crippen LogP contribution < -0.4 is 16.0 Å². The van der Waals surface area contributed by atoms with Crippen molar-refractivity contribution >= 4 is 11.4 Å². The Kier molecular flexibility index (Phi) is 2.48. The molecule has 3 nitrogen and oxygen atoms in total. The standard InChI is InChI=1S/C13H19N3/c14-10-3-2-8-16(9-10)13-5-1-4-12-11(13)6-7-15-12/h1,4-5,10,15H,2-3,6-9,14H2. The highest BCUT2D eigenvalue weighted by Gasteiger charge is 2.22.